The van der Waals surface area contributed by atoms with Gasteiger partial charge in [0.1, 0.15) is 5.82 Å². The molecule has 4 aromatic rings. The quantitative estimate of drug-likeness (QED) is 0.188. The molecule has 0 saturated heterocycles. The van der Waals surface area contributed by atoms with Gasteiger partial charge in [-0.15, -0.1) is 0 Å². The number of nitrogens with one attached hydrogen (secondary N) is 1. The van der Waals surface area contributed by atoms with Crippen LogP contribution in [0.1, 0.15) is 55.1 Å². The Bertz CT molecular complexity index is 1690. The summed E-state index contributed by atoms with van der Waals surface area (Å²) in [5.74, 6) is -2.53. The summed E-state index contributed by atoms with van der Waals surface area (Å²) < 4.78 is 37.9. The predicted octanol–water partition coefficient (Wildman–Crippen LogP) is 1.52. The Labute approximate surface area is 284 Å². The van der Waals surface area contributed by atoms with Gasteiger partial charge in [-0.3, -0.25) is 13.9 Å². The summed E-state index contributed by atoms with van der Waals surface area (Å²) in [6.07, 6.45) is 0.110. The number of carboxylic acids is 1. The molecule has 0 amide bonds. The summed E-state index contributed by atoms with van der Waals surface area (Å²) in [4.78, 5) is 38.9. The summed E-state index contributed by atoms with van der Waals surface area (Å²) >= 11 is 0. The molecule has 0 spiro atoms. The van der Waals surface area contributed by atoms with E-state index in [-0.39, 0.29) is 90.2 Å². The molecule has 1 heterocycles. The molecule has 234 valence electrons. The van der Waals surface area contributed by atoms with Crippen LogP contribution >= 0.6 is 0 Å². The Hall–Kier alpha value is -3.57. The monoisotopic (exact) mass is 629 g/mol. The maximum atomic E-state index is 15.6. The van der Waals surface area contributed by atoms with Crippen LogP contribution in [0.5, 0.6) is 5.75 Å². The first-order valence-corrected chi connectivity index (χ1v) is 14.5. The smallest absolute Gasteiger partial charge is 0.550 e. The van der Waals surface area contributed by atoms with Gasteiger partial charge in [-0.05, 0) is 56.5 Å². The van der Waals surface area contributed by atoms with E-state index in [9.17, 15) is 23.9 Å². The minimum atomic E-state index is -1.18. The minimum Gasteiger partial charge on any atom is -0.550 e. The number of aromatic nitrogens is 2. The molecule has 0 aliphatic rings. The van der Waals surface area contributed by atoms with Gasteiger partial charge < -0.3 is 20.0 Å². The van der Waals surface area contributed by atoms with Crippen molar-refractivity contribution in [2.24, 2.45) is 0 Å². The van der Waals surface area contributed by atoms with Crippen molar-refractivity contribution < 1.29 is 53.0 Å². The topological polar surface area (TPSA) is 105 Å². The standard InChI is InChI=1S/C32H33F2N3O5.C2H6.Na/c1-20-10-7-14-25(33)24(20)18-36-21(2)29(23-13-8-15-27(42-3)30(23)34)31(40)37(32(36)41)19-26(22-11-5-4-6-12-22)35-17-9-16-28(38)39;1-2;/h4-8,10-15,26,35H,9,16-19H2,1-3H3,(H,38,39);1-2H3;/q;;+1/p-1. The maximum absolute atomic E-state index is 15.6. The van der Waals surface area contributed by atoms with Crippen molar-refractivity contribution in [1.29, 1.82) is 0 Å². The molecule has 3 aromatic carbocycles. The molecule has 45 heavy (non-hydrogen) atoms. The zero-order valence-electron chi connectivity index (χ0n) is 26.7. The van der Waals surface area contributed by atoms with Crippen LogP contribution < -0.4 is 56.0 Å². The number of carbonyl (C=O) groups excluding carboxylic acids is 1. The zero-order chi connectivity index (χ0) is 32.4. The van der Waals surface area contributed by atoms with Crippen LogP contribution in [0.3, 0.4) is 0 Å². The third-order valence-corrected chi connectivity index (χ3v) is 7.32. The molecule has 0 aliphatic heterocycles. The Morgan fingerprint density at radius 2 is 1.62 bits per heavy atom. The summed E-state index contributed by atoms with van der Waals surface area (Å²) in [5, 5.41) is 14.1. The Balaban J connectivity index is 0.00000230. The largest absolute Gasteiger partial charge is 1.00 e. The first-order chi connectivity index (χ1) is 21.1. The fourth-order valence-electron chi connectivity index (χ4n) is 5.01. The summed E-state index contributed by atoms with van der Waals surface area (Å²) in [6.45, 7) is 7.19. The minimum absolute atomic E-state index is 0. The third kappa shape index (κ3) is 9.00. The molecule has 8 nitrogen and oxygen atoms in total. The number of carboxylic acid groups (broad SMARTS) is 1. The van der Waals surface area contributed by atoms with Crippen molar-refractivity contribution in [2.45, 2.75) is 59.7 Å². The molecule has 1 aromatic heterocycles. The molecule has 0 aliphatic carbocycles. The number of rotatable bonds is 12. The van der Waals surface area contributed by atoms with E-state index in [0.29, 0.717) is 5.56 Å². The van der Waals surface area contributed by atoms with E-state index in [1.807, 2.05) is 32.0 Å². The second-order valence-electron chi connectivity index (χ2n) is 9.99. The number of aryl methyl sites for hydroxylation is 1. The van der Waals surface area contributed by atoms with E-state index in [4.69, 9.17) is 4.74 Å². The van der Waals surface area contributed by atoms with Crippen molar-refractivity contribution in [3.8, 4) is 16.9 Å². The number of hydrogen-bond donors (Lipinski definition) is 1. The molecule has 1 unspecified atom stereocenters. The average molecular weight is 630 g/mol. The molecule has 1 atom stereocenters. The Morgan fingerprint density at radius 3 is 2.24 bits per heavy atom. The van der Waals surface area contributed by atoms with Crippen LogP contribution in [0.4, 0.5) is 8.78 Å². The van der Waals surface area contributed by atoms with Gasteiger partial charge in [0, 0.05) is 22.8 Å². The van der Waals surface area contributed by atoms with Gasteiger partial charge in [0.05, 0.1) is 31.8 Å². The number of aliphatic carboxylic acids is 1. The Morgan fingerprint density at radius 1 is 0.956 bits per heavy atom. The maximum Gasteiger partial charge on any atom is 1.00 e. The second kappa shape index (κ2) is 17.8. The van der Waals surface area contributed by atoms with E-state index < -0.39 is 34.9 Å². The summed E-state index contributed by atoms with van der Waals surface area (Å²) in [7, 11) is 1.31. The van der Waals surface area contributed by atoms with Crippen molar-refractivity contribution in [1.82, 2.24) is 14.5 Å². The number of carbonyl (C=O) groups is 1. The van der Waals surface area contributed by atoms with Crippen LogP contribution in [-0.4, -0.2) is 28.8 Å². The van der Waals surface area contributed by atoms with Crippen molar-refractivity contribution in [3.05, 3.63) is 122 Å². The second-order valence-corrected chi connectivity index (χ2v) is 9.99. The number of halogens is 2. The number of benzene rings is 3. The van der Waals surface area contributed by atoms with Crippen LogP contribution in [0.25, 0.3) is 11.1 Å². The van der Waals surface area contributed by atoms with Crippen LogP contribution in [0.2, 0.25) is 0 Å². The van der Waals surface area contributed by atoms with E-state index in [1.54, 1.807) is 37.3 Å². The van der Waals surface area contributed by atoms with Gasteiger partial charge in [0.25, 0.3) is 5.56 Å². The number of ether oxygens (including phenoxy) is 1. The summed E-state index contributed by atoms with van der Waals surface area (Å²) in [6, 6.07) is 17.5. The van der Waals surface area contributed by atoms with E-state index in [1.165, 1.54) is 36.8 Å². The first-order valence-electron chi connectivity index (χ1n) is 14.5. The molecule has 11 heteroatoms. The molecule has 0 fully saturated rings. The fourth-order valence-corrected chi connectivity index (χ4v) is 5.01. The van der Waals surface area contributed by atoms with Crippen molar-refractivity contribution in [3.63, 3.8) is 0 Å². The predicted molar refractivity (Wildman–Crippen MR) is 165 cm³/mol. The van der Waals surface area contributed by atoms with Gasteiger partial charge in [0.2, 0.25) is 0 Å². The molecular weight excluding hydrogens is 591 g/mol. The van der Waals surface area contributed by atoms with E-state index in [0.717, 1.165) is 10.1 Å². The van der Waals surface area contributed by atoms with Gasteiger partial charge in [-0.1, -0.05) is 68.4 Å². The average Bonchev–Trinajstić information content (AvgIpc) is 3.02. The van der Waals surface area contributed by atoms with Gasteiger partial charge in [-0.2, -0.15) is 0 Å². The number of hydrogen-bond acceptors (Lipinski definition) is 6. The fraction of sp³-hybridized carbons (Fsp3) is 0.324. The number of methoxy groups -OCH3 is 1. The molecule has 1 N–H and O–H groups in total. The zero-order valence-corrected chi connectivity index (χ0v) is 28.7. The summed E-state index contributed by atoms with van der Waals surface area (Å²) in [5.41, 5.74) is 0.299. The Kier molecular flexibility index (Phi) is 14.9. The molecule has 0 radical (unpaired) electrons. The molecule has 0 bridgehead atoms. The molecule has 4 rings (SSSR count). The van der Waals surface area contributed by atoms with E-state index in [2.05, 4.69) is 5.32 Å². The van der Waals surface area contributed by atoms with Crippen LogP contribution in [0.15, 0.2) is 76.3 Å². The van der Waals surface area contributed by atoms with Gasteiger partial charge in [-0.25, -0.2) is 13.6 Å². The van der Waals surface area contributed by atoms with Crippen molar-refractivity contribution >= 4 is 5.97 Å². The SMILES string of the molecule is CC.COc1cccc(-c2c(C)n(Cc3c(C)cccc3F)c(=O)n(CC(NCCCC(=O)[O-])c3ccccc3)c2=O)c1F.[Na+]. The van der Waals surface area contributed by atoms with E-state index >= 15 is 4.39 Å². The normalized spacial score (nSPS) is 11.2. The van der Waals surface area contributed by atoms with Gasteiger partial charge >= 0.3 is 35.2 Å². The molecular formula is C34H38F2N3NaO5. The van der Waals surface area contributed by atoms with Crippen LogP contribution in [0, 0.1) is 25.5 Å². The number of nitrogens with zero attached hydrogens (tertiary/aromatic N) is 2. The first kappa shape index (κ1) is 37.6. The van der Waals surface area contributed by atoms with Gasteiger partial charge in [0.15, 0.2) is 11.6 Å². The van der Waals surface area contributed by atoms with Crippen LogP contribution in [-0.2, 0) is 17.9 Å². The molecule has 0 saturated carbocycles. The third-order valence-electron chi connectivity index (χ3n) is 7.32. The van der Waals surface area contributed by atoms with Crippen molar-refractivity contribution in [2.75, 3.05) is 13.7 Å².